The van der Waals surface area contributed by atoms with E-state index in [-0.39, 0.29) is 21.7 Å². The predicted molar refractivity (Wildman–Crippen MR) is 168 cm³/mol. The zero-order chi connectivity index (χ0) is 32.4. The lowest BCUT2D eigenvalue weighted by Gasteiger charge is -2.28. The Labute approximate surface area is 271 Å². The lowest BCUT2D eigenvalue weighted by molar-refractivity contribution is 0.256. The average Bonchev–Trinajstić information content (AvgIpc) is 3.67. The third-order valence-electron chi connectivity index (χ3n) is 6.82. The molecule has 3 aromatic carbocycles. The second kappa shape index (κ2) is 13.0. The first-order valence-electron chi connectivity index (χ1n) is 13.1. The molecule has 0 saturated carbocycles. The maximum Gasteiger partial charge on any atom is 0.335 e. The minimum atomic E-state index is -4.27. The standard InChI is InChI=1S/C28H25Cl2FN8O4S2/c1-28(2,17-5-11-21(29)23(12-17)43-3)24-14-32-27(39(24)19-8-6-18(31)7-9-19)44-15-16-4-10-20(13-22(16)30)45(41,42)36-26(40)33-25-34-37-38-35-25/h4-14H,15H2,1-3H3,(H3,33,34,35,36,37,38,40). The van der Waals surface area contributed by atoms with Gasteiger partial charge in [0.05, 0.1) is 28.9 Å². The van der Waals surface area contributed by atoms with E-state index < -0.39 is 21.5 Å². The molecule has 0 bridgehead atoms. The van der Waals surface area contributed by atoms with Gasteiger partial charge in [-0.15, -0.1) is 5.10 Å². The summed E-state index contributed by atoms with van der Waals surface area (Å²) >= 11 is 14.1. The fourth-order valence-electron chi connectivity index (χ4n) is 4.39. The fourth-order valence-corrected chi connectivity index (χ4v) is 6.91. The summed E-state index contributed by atoms with van der Waals surface area (Å²) in [5, 5.41) is 15.9. The number of urea groups is 1. The van der Waals surface area contributed by atoms with Crippen molar-refractivity contribution >= 4 is 57.0 Å². The highest BCUT2D eigenvalue weighted by Crippen LogP contribution is 2.39. The minimum Gasteiger partial charge on any atom is -0.495 e. The van der Waals surface area contributed by atoms with Gasteiger partial charge in [0.2, 0.25) is 0 Å². The SMILES string of the molecule is COc1cc(C(C)(C)c2cnc(SCc3ccc(S(=O)(=O)NC(=O)Nc4nn[nH]n4)cc3Cl)n2-c2ccc(F)cc2)ccc1Cl. The number of aromatic amines is 1. The number of anilines is 1. The van der Waals surface area contributed by atoms with E-state index in [9.17, 15) is 17.6 Å². The molecule has 0 fully saturated rings. The normalized spacial score (nSPS) is 11.8. The highest BCUT2D eigenvalue weighted by atomic mass is 35.5. The molecule has 0 unspecified atom stereocenters. The number of carbonyl (C=O) groups is 1. The second-order valence-electron chi connectivity index (χ2n) is 10.0. The van der Waals surface area contributed by atoms with Crippen LogP contribution in [0.5, 0.6) is 5.75 Å². The van der Waals surface area contributed by atoms with E-state index >= 15 is 0 Å². The molecule has 5 rings (SSSR count). The van der Waals surface area contributed by atoms with Crippen LogP contribution in [-0.2, 0) is 21.2 Å². The van der Waals surface area contributed by atoms with Crippen LogP contribution in [0.15, 0.2) is 76.9 Å². The third-order valence-corrected chi connectivity index (χ3v) is 9.81. The Morgan fingerprint density at radius 3 is 2.51 bits per heavy atom. The summed E-state index contributed by atoms with van der Waals surface area (Å²) < 4.78 is 48.6. The Hall–Kier alpha value is -4.18. The van der Waals surface area contributed by atoms with Gasteiger partial charge < -0.3 is 4.74 Å². The summed E-state index contributed by atoms with van der Waals surface area (Å²) in [7, 11) is -2.72. The molecule has 0 radical (unpaired) electrons. The first-order valence-corrected chi connectivity index (χ1v) is 16.3. The number of aromatic nitrogens is 6. The van der Waals surface area contributed by atoms with Gasteiger partial charge in [-0.25, -0.2) is 27.3 Å². The van der Waals surface area contributed by atoms with Crippen LogP contribution in [0, 0.1) is 5.82 Å². The van der Waals surface area contributed by atoms with Gasteiger partial charge in [-0.2, -0.15) is 5.21 Å². The molecule has 0 spiro atoms. The van der Waals surface area contributed by atoms with Crippen LogP contribution >= 0.6 is 35.0 Å². The summed E-state index contributed by atoms with van der Waals surface area (Å²) in [5.41, 5.74) is 2.46. The number of benzene rings is 3. The van der Waals surface area contributed by atoms with Crippen LogP contribution < -0.4 is 14.8 Å². The number of nitrogens with one attached hydrogen (secondary N) is 3. The van der Waals surface area contributed by atoms with Crippen molar-refractivity contribution in [1.29, 1.82) is 0 Å². The number of halogens is 3. The Morgan fingerprint density at radius 1 is 1.09 bits per heavy atom. The van der Waals surface area contributed by atoms with Crippen LogP contribution in [0.2, 0.25) is 10.0 Å². The molecule has 0 aliphatic heterocycles. The number of nitrogens with zero attached hydrogens (tertiary/aromatic N) is 5. The van der Waals surface area contributed by atoms with Gasteiger partial charge in [0.25, 0.3) is 16.0 Å². The van der Waals surface area contributed by atoms with Crippen molar-refractivity contribution in [3.8, 4) is 11.4 Å². The number of H-pyrrole nitrogens is 1. The Balaban J connectivity index is 1.41. The summed E-state index contributed by atoms with van der Waals surface area (Å²) in [6.07, 6.45) is 1.76. The maximum absolute atomic E-state index is 13.9. The number of thioether (sulfide) groups is 1. The second-order valence-corrected chi connectivity index (χ2v) is 13.5. The molecule has 0 aliphatic carbocycles. The van der Waals surface area contributed by atoms with Crippen LogP contribution in [0.25, 0.3) is 5.69 Å². The highest BCUT2D eigenvalue weighted by Gasteiger charge is 2.30. The molecular formula is C28H25Cl2FN8O4S2. The molecule has 45 heavy (non-hydrogen) atoms. The van der Waals surface area contributed by atoms with Crippen molar-refractivity contribution in [1.82, 2.24) is 34.9 Å². The van der Waals surface area contributed by atoms with E-state index in [1.165, 1.54) is 36.0 Å². The van der Waals surface area contributed by atoms with Crippen molar-refractivity contribution in [2.75, 3.05) is 12.4 Å². The van der Waals surface area contributed by atoms with E-state index in [0.717, 1.165) is 11.3 Å². The van der Waals surface area contributed by atoms with Gasteiger partial charge in [-0.3, -0.25) is 9.88 Å². The fraction of sp³-hybridized carbons (Fsp3) is 0.179. The monoisotopic (exact) mass is 690 g/mol. The third kappa shape index (κ3) is 7.06. The van der Waals surface area contributed by atoms with Crippen molar-refractivity contribution in [2.24, 2.45) is 0 Å². The summed E-state index contributed by atoms with van der Waals surface area (Å²) in [6.45, 7) is 4.07. The molecule has 5 aromatic rings. The van der Waals surface area contributed by atoms with Crippen molar-refractivity contribution < 1.29 is 22.3 Å². The lowest BCUT2D eigenvalue weighted by Crippen LogP contribution is -2.34. The number of ether oxygens (including phenoxy) is 1. The highest BCUT2D eigenvalue weighted by molar-refractivity contribution is 7.98. The predicted octanol–water partition coefficient (Wildman–Crippen LogP) is 5.97. The van der Waals surface area contributed by atoms with Gasteiger partial charge >= 0.3 is 6.03 Å². The number of hydrogen-bond donors (Lipinski definition) is 3. The van der Waals surface area contributed by atoms with Crippen LogP contribution in [0.4, 0.5) is 15.1 Å². The average molecular weight is 692 g/mol. The molecular weight excluding hydrogens is 666 g/mol. The van der Waals surface area contributed by atoms with Gasteiger partial charge in [0, 0.05) is 21.9 Å². The number of sulfonamides is 1. The van der Waals surface area contributed by atoms with E-state index in [0.29, 0.717) is 32.9 Å². The molecule has 12 nitrogen and oxygen atoms in total. The number of methoxy groups -OCH3 is 1. The maximum atomic E-state index is 13.9. The first-order chi connectivity index (χ1) is 21.4. The molecule has 17 heteroatoms. The summed E-state index contributed by atoms with van der Waals surface area (Å²) in [6, 6.07) is 14.7. The van der Waals surface area contributed by atoms with Crippen molar-refractivity contribution in [3.63, 3.8) is 0 Å². The van der Waals surface area contributed by atoms with Crippen LogP contribution in [0.3, 0.4) is 0 Å². The van der Waals surface area contributed by atoms with E-state index in [4.69, 9.17) is 32.9 Å². The number of tetrazole rings is 1. The number of imidazole rings is 1. The van der Waals surface area contributed by atoms with Crippen LogP contribution in [-0.4, -0.2) is 51.7 Å². The summed E-state index contributed by atoms with van der Waals surface area (Å²) in [4.78, 5) is 16.6. The summed E-state index contributed by atoms with van der Waals surface area (Å²) in [5.74, 6) is 0.275. The molecule has 2 amide bonds. The van der Waals surface area contributed by atoms with Gasteiger partial charge in [-0.1, -0.05) is 66.0 Å². The molecule has 0 saturated heterocycles. The van der Waals surface area contributed by atoms with Crippen LogP contribution in [0.1, 0.15) is 30.7 Å². The Morgan fingerprint density at radius 2 is 1.84 bits per heavy atom. The topological polar surface area (TPSA) is 157 Å². The van der Waals surface area contributed by atoms with Crippen molar-refractivity contribution in [3.05, 3.63) is 99.5 Å². The molecule has 234 valence electrons. The van der Waals surface area contributed by atoms with E-state index in [1.807, 2.05) is 35.3 Å². The molecule has 0 aliphatic rings. The van der Waals surface area contributed by atoms with E-state index in [1.54, 1.807) is 37.6 Å². The minimum absolute atomic E-state index is 0.164. The number of amides is 2. The Bertz CT molecular complexity index is 1950. The van der Waals surface area contributed by atoms with Crippen molar-refractivity contribution in [2.45, 2.75) is 35.1 Å². The van der Waals surface area contributed by atoms with Gasteiger partial charge in [0.15, 0.2) is 5.16 Å². The smallest absolute Gasteiger partial charge is 0.335 e. The zero-order valence-corrected chi connectivity index (χ0v) is 27.0. The zero-order valence-electron chi connectivity index (χ0n) is 23.9. The van der Waals surface area contributed by atoms with E-state index in [2.05, 4.69) is 25.9 Å². The largest absolute Gasteiger partial charge is 0.495 e. The molecule has 2 aromatic heterocycles. The molecule has 3 N–H and O–H groups in total. The number of hydrogen-bond acceptors (Lipinski definition) is 9. The quantitative estimate of drug-likeness (QED) is 0.150. The van der Waals surface area contributed by atoms with Gasteiger partial charge in [-0.05, 0) is 64.9 Å². The molecule has 0 atom stereocenters. The number of carbonyl (C=O) groups excluding carboxylic acids is 1. The first kappa shape index (κ1) is 32.2. The lowest BCUT2D eigenvalue weighted by atomic mass is 9.81. The molecule has 2 heterocycles. The Kier molecular flexibility index (Phi) is 9.34. The van der Waals surface area contributed by atoms with Gasteiger partial charge in [0.1, 0.15) is 11.6 Å². The number of rotatable bonds is 10.